The molecule has 0 spiro atoms. The van der Waals surface area contributed by atoms with E-state index in [2.05, 4.69) is 5.32 Å². The fourth-order valence-electron chi connectivity index (χ4n) is 1.83. The second kappa shape index (κ2) is 9.53. The third kappa shape index (κ3) is 6.26. The molecule has 0 unspecified atom stereocenters. The van der Waals surface area contributed by atoms with Crippen LogP contribution in [0.5, 0.6) is 0 Å². The Kier molecular flexibility index (Phi) is 7.72. The summed E-state index contributed by atoms with van der Waals surface area (Å²) < 4.78 is 23.0. The van der Waals surface area contributed by atoms with E-state index >= 15 is 0 Å². The van der Waals surface area contributed by atoms with Crippen molar-refractivity contribution >= 4 is 17.5 Å². The molecule has 132 valence electrons. The normalized spacial score (nSPS) is 11.8. The smallest absolute Gasteiger partial charge is 0.305 e. The minimum atomic E-state index is -1.10. The van der Waals surface area contributed by atoms with Gasteiger partial charge in [-0.3, -0.25) is 19.7 Å². The fraction of sp³-hybridized carbons (Fsp3) is 0.429. The van der Waals surface area contributed by atoms with Gasteiger partial charge in [0.1, 0.15) is 12.6 Å². The Morgan fingerprint density at radius 1 is 1.42 bits per heavy atom. The minimum Gasteiger partial charge on any atom is -0.382 e. The van der Waals surface area contributed by atoms with Crippen molar-refractivity contribution in [3.8, 4) is 0 Å². The molecule has 9 nitrogen and oxygen atoms in total. The van der Waals surface area contributed by atoms with Crippen LogP contribution < -0.4 is 11.1 Å². The second-order valence-electron chi connectivity index (χ2n) is 4.81. The lowest BCUT2D eigenvalue weighted by atomic mass is 10.0. The SMILES string of the molecule is COCCOCC(=O)N[C@@H](Cc1ccc(F)c([N+](=O)[O-])c1)C(N)=O. The maximum atomic E-state index is 13.3. The molecular weight excluding hydrogens is 325 g/mol. The van der Waals surface area contributed by atoms with Gasteiger partial charge in [-0.15, -0.1) is 0 Å². The van der Waals surface area contributed by atoms with Crippen LogP contribution >= 0.6 is 0 Å². The second-order valence-corrected chi connectivity index (χ2v) is 4.81. The summed E-state index contributed by atoms with van der Waals surface area (Å²) in [5, 5.41) is 13.1. The van der Waals surface area contributed by atoms with Gasteiger partial charge in [0.05, 0.1) is 18.1 Å². The molecule has 0 bridgehead atoms. The summed E-state index contributed by atoms with van der Waals surface area (Å²) in [5.74, 6) is -2.39. The largest absolute Gasteiger partial charge is 0.382 e. The number of primary amides is 1. The van der Waals surface area contributed by atoms with Gasteiger partial charge in [-0.1, -0.05) is 6.07 Å². The van der Waals surface area contributed by atoms with Crippen LogP contribution in [0.4, 0.5) is 10.1 Å². The van der Waals surface area contributed by atoms with Crippen LogP contribution in [0.25, 0.3) is 0 Å². The zero-order chi connectivity index (χ0) is 18.1. The summed E-state index contributed by atoms with van der Waals surface area (Å²) in [7, 11) is 1.48. The van der Waals surface area contributed by atoms with E-state index in [1.165, 1.54) is 13.2 Å². The van der Waals surface area contributed by atoms with Crippen LogP contribution in [-0.2, 0) is 25.5 Å². The zero-order valence-electron chi connectivity index (χ0n) is 13.0. The van der Waals surface area contributed by atoms with Gasteiger partial charge in [0.25, 0.3) is 0 Å². The molecular formula is C14H18FN3O6. The van der Waals surface area contributed by atoms with Gasteiger partial charge in [0.2, 0.25) is 17.6 Å². The first-order chi connectivity index (χ1) is 11.3. The van der Waals surface area contributed by atoms with Gasteiger partial charge >= 0.3 is 5.69 Å². The maximum Gasteiger partial charge on any atom is 0.305 e. The van der Waals surface area contributed by atoms with E-state index in [0.717, 1.165) is 12.1 Å². The zero-order valence-corrected chi connectivity index (χ0v) is 13.0. The molecule has 24 heavy (non-hydrogen) atoms. The quantitative estimate of drug-likeness (QED) is 0.346. The van der Waals surface area contributed by atoms with Gasteiger partial charge in [0, 0.05) is 19.6 Å². The Labute approximate surface area is 137 Å². The molecule has 3 N–H and O–H groups in total. The van der Waals surface area contributed by atoms with Crippen molar-refractivity contribution in [1.82, 2.24) is 5.32 Å². The number of hydrogen-bond donors (Lipinski definition) is 2. The van der Waals surface area contributed by atoms with E-state index in [-0.39, 0.29) is 25.2 Å². The van der Waals surface area contributed by atoms with Gasteiger partial charge in [0.15, 0.2) is 0 Å². The summed E-state index contributed by atoms with van der Waals surface area (Å²) in [5.41, 5.74) is 4.78. The van der Waals surface area contributed by atoms with Crippen LogP contribution in [0.15, 0.2) is 18.2 Å². The van der Waals surface area contributed by atoms with Crippen molar-refractivity contribution in [2.45, 2.75) is 12.5 Å². The number of nitrogens with zero attached hydrogens (tertiary/aromatic N) is 1. The predicted molar refractivity (Wildman–Crippen MR) is 80.6 cm³/mol. The molecule has 1 rings (SSSR count). The third-order valence-electron chi connectivity index (χ3n) is 2.99. The number of methoxy groups -OCH3 is 1. The van der Waals surface area contributed by atoms with E-state index < -0.39 is 34.3 Å². The highest BCUT2D eigenvalue weighted by atomic mass is 19.1. The number of hydrogen-bond acceptors (Lipinski definition) is 6. The molecule has 2 amide bonds. The van der Waals surface area contributed by atoms with Crippen LogP contribution in [0.2, 0.25) is 0 Å². The van der Waals surface area contributed by atoms with Crippen molar-refractivity contribution < 1.29 is 28.4 Å². The van der Waals surface area contributed by atoms with Crippen LogP contribution in [0.3, 0.4) is 0 Å². The number of benzene rings is 1. The molecule has 0 radical (unpaired) electrons. The molecule has 1 aromatic rings. The number of nitro groups is 1. The highest BCUT2D eigenvalue weighted by Gasteiger charge is 2.21. The summed E-state index contributed by atoms with van der Waals surface area (Å²) in [6.45, 7) is 0.220. The number of amides is 2. The van der Waals surface area contributed by atoms with Crippen molar-refractivity contribution in [1.29, 1.82) is 0 Å². The predicted octanol–water partition coefficient (Wildman–Crippen LogP) is -0.0905. The molecule has 0 saturated heterocycles. The number of carbonyl (C=O) groups is 2. The topological polar surface area (TPSA) is 134 Å². The molecule has 0 aliphatic carbocycles. The summed E-state index contributed by atoms with van der Waals surface area (Å²) in [6, 6.07) is 2.08. The Hall–Kier alpha value is -2.59. The van der Waals surface area contributed by atoms with E-state index in [4.69, 9.17) is 15.2 Å². The molecule has 0 aromatic heterocycles. The Balaban J connectivity index is 2.70. The number of halogens is 1. The average Bonchev–Trinajstić information content (AvgIpc) is 2.52. The molecule has 0 aliphatic heterocycles. The molecule has 1 atom stereocenters. The van der Waals surface area contributed by atoms with Gasteiger partial charge < -0.3 is 20.5 Å². The van der Waals surface area contributed by atoms with Crippen molar-refractivity contribution in [2.24, 2.45) is 5.73 Å². The van der Waals surface area contributed by atoms with Crippen LogP contribution in [-0.4, -0.2) is 49.7 Å². The average molecular weight is 343 g/mol. The first kappa shape index (κ1) is 19.5. The summed E-state index contributed by atoms with van der Waals surface area (Å²) in [6.07, 6.45) is -0.111. The first-order valence-corrected chi connectivity index (χ1v) is 6.93. The van der Waals surface area contributed by atoms with E-state index in [1.54, 1.807) is 0 Å². The number of nitrogens with one attached hydrogen (secondary N) is 1. The number of rotatable bonds is 10. The fourth-order valence-corrected chi connectivity index (χ4v) is 1.83. The summed E-state index contributed by atoms with van der Waals surface area (Å²) in [4.78, 5) is 33.0. The van der Waals surface area contributed by atoms with Gasteiger partial charge in [-0.25, -0.2) is 0 Å². The van der Waals surface area contributed by atoms with E-state index in [9.17, 15) is 24.1 Å². The number of nitrogens with two attached hydrogens (primary N) is 1. The maximum absolute atomic E-state index is 13.3. The molecule has 0 heterocycles. The number of ether oxygens (including phenoxy) is 2. The molecule has 0 fully saturated rings. The number of carbonyl (C=O) groups excluding carboxylic acids is 2. The van der Waals surface area contributed by atoms with E-state index in [1.807, 2.05) is 0 Å². The lowest BCUT2D eigenvalue weighted by Crippen LogP contribution is -2.47. The van der Waals surface area contributed by atoms with Crippen LogP contribution in [0.1, 0.15) is 5.56 Å². The van der Waals surface area contributed by atoms with Crippen molar-refractivity contribution in [3.05, 3.63) is 39.7 Å². The van der Waals surface area contributed by atoms with Crippen molar-refractivity contribution in [2.75, 3.05) is 26.9 Å². The monoisotopic (exact) mass is 343 g/mol. The Bertz CT molecular complexity index is 610. The highest BCUT2D eigenvalue weighted by molar-refractivity contribution is 5.87. The van der Waals surface area contributed by atoms with Crippen LogP contribution in [0, 0.1) is 15.9 Å². The minimum absolute atomic E-state index is 0.111. The Morgan fingerprint density at radius 3 is 2.71 bits per heavy atom. The molecule has 0 aliphatic rings. The molecule has 10 heteroatoms. The lowest BCUT2D eigenvalue weighted by Gasteiger charge is -2.15. The molecule has 0 saturated carbocycles. The Morgan fingerprint density at radius 2 is 2.12 bits per heavy atom. The third-order valence-corrected chi connectivity index (χ3v) is 2.99. The lowest BCUT2D eigenvalue weighted by molar-refractivity contribution is -0.387. The summed E-state index contributed by atoms with van der Waals surface area (Å²) >= 11 is 0. The van der Waals surface area contributed by atoms with Gasteiger partial charge in [-0.2, -0.15) is 4.39 Å². The van der Waals surface area contributed by atoms with Gasteiger partial charge in [-0.05, 0) is 11.6 Å². The van der Waals surface area contributed by atoms with E-state index in [0.29, 0.717) is 6.61 Å². The highest BCUT2D eigenvalue weighted by Crippen LogP contribution is 2.19. The first-order valence-electron chi connectivity index (χ1n) is 6.93. The van der Waals surface area contributed by atoms with Crippen molar-refractivity contribution in [3.63, 3.8) is 0 Å². The number of nitro benzene ring substituents is 1. The standard InChI is InChI=1S/C14H18FN3O6/c1-23-4-5-24-8-13(19)17-11(14(16)20)6-9-2-3-10(15)12(7-9)18(21)22/h2-3,7,11H,4-6,8H2,1H3,(H2,16,20)(H,17,19)/t11-/m0/s1. The molecule has 1 aromatic carbocycles.